The van der Waals surface area contributed by atoms with E-state index in [1.807, 2.05) is 12.3 Å². The molecule has 4 heteroatoms. The van der Waals surface area contributed by atoms with Crippen LogP contribution < -0.4 is 10.6 Å². The van der Waals surface area contributed by atoms with Crippen molar-refractivity contribution in [2.24, 2.45) is 11.1 Å². The van der Waals surface area contributed by atoms with E-state index in [2.05, 4.69) is 40.8 Å². The van der Waals surface area contributed by atoms with Crippen molar-refractivity contribution in [1.82, 2.24) is 9.88 Å². The lowest BCUT2D eigenvalue weighted by Gasteiger charge is -2.52. The minimum absolute atomic E-state index is 0.198. The average Bonchev–Trinajstić information content (AvgIpc) is 2.84. The quantitative estimate of drug-likeness (QED) is 0.925. The molecule has 0 radical (unpaired) electrons. The van der Waals surface area contributed by atoms with Crippen molar-refractivity contribution in [3.63, 3.8) is 0 Å². The smallest absolute Gasteiger partial charge is 0.128 e. The van der Waals surface area contributed by atoms with E-state index < -0.39 is 0 Å². The van der Waals surface area contributed by atoms with Gasteiger partial charge in [0.05, 0.1) is 0 Å². The highest BCUT2D eigenvalue weighted by Gasteiger charge is 2.51. The molecule has 1 atom stereocenters. The summed E-state index contributed by atoms with van der Waals surface area (Å²) in [6.45, 7) is 9.87. The van der Waals surface area contributed by atoms with E-state index in [4.69, 9.17) is 5.73 Å². The Hall–Kier alpha value is -1.13. The molecular formula is C17H28N4. The first-order chi connectivity index (χ1) is 10.1. The van der Waals surface area contributed by atoms with Crippen LogP contribution in [0.4, 0.5) is 5.82 Å². The number of hydrogen-bond donors (Lipinski definition) is 1. The molecule has 1 aliphatic heterocycles. The fourth-order valence-electron chi connectivity index (χ4n) is 4.39. The van der Waals surface area contributed by atoms with E-state index in [-0.39, 0.29) is 5.54 Å². The van der Waals surface area contributed by atoms with Crippen molar-refractivity contribution in [2.75, 3.05) is 37.6 Å². The normalized spacial score (nSPS) is 29.8. The predicted molar refractivity (Wildman–Crippen MR) is 87.4 cm³/mol. The number of aromatic nitrogens is 1. The highest BCUT2D eigenvalue weighted by molar-refractivity contribution is 5.38. The lowest BCUT2D eigenvalue weighted by molar-refractivity contribution is 0.00873. The highest BCUT2D eigenvalue weighted by atomic mass is 15.3. The van der Waals surface area contributed by atoms with Crippen molar-refractivity contribution in [3.8, 4) is 0 Å². The van der Waals surface area contributed by atoms with E-state index >= 15 is 0 Å². The summed E-state index contributed by atoms with van der Waals surface area (Å²) in [5.41, 5.74) is 6.78. The van der Waals surface area contributed by atoms with Gasteiger partial charge in [0.2, 0.25) is 0 Å². The van der Waals surface area contributed by atoms with Crippen LogP contribution in [-0.2, 0) is 0 Å². The topological polar surface area (TPSA) is 45.4 Å². The van der Waals surface area contributed by atoms with Gasteiger partial charge in [-0.3, -0.25) is 4.90 Å². The molecule has 1 aliphatic carbocycles. The van der Waals surface area contributed by atoms with E-state index in [1.54, 1.807) is 0 Å². The minimum Gasteiger partial charge on any atom is -0.354 e. The SMILES string of the molecule is CC1(C)CCCC1(CN)N1CCN(c2ccccn2)CC1. The van der Waals surface area contributed by atoms with Crippen LogP contribution in [0.3, 0.4) is 0 Å². The van der Waals surface area contributed by atoms with Gasteiger partial charge in [-0.05, 0) is 30.4 Å². The van der Waals surface area contributed by atoms with Gasteiger partial charge in [0.1, 0.15) is 5.82 Å². The van der Waals surface area contributed by atoms with Gasteiger partial charge >= 0.3 is 0 Å². The number of piperazine rings is 1. The monoisotopic (exact) mass is 288 g/mol. The zero-order chi connectivity index (χ0) is 14.9. The molecule has 21 heavy (non-hydrogen) atoms. The third kappa shape index (κ3) is 2.44. The molecule has 1 aromatic rings. The number of rotatable bonds is 3. The Labute approximate surface area is 128 Å². The number of nitrogens with zero attached hydrogens (tertiary/aromatic N) is 3. The van der Waals surface area contributed by atoms with E-state index in [1.165, 1.54) is 19.3 Å². The summed E-state index contributed by atoms with van der Waals surface area (Å²) in [5.74, 6) is 1.10. The summed E-state index contributed by atoms with van der Waals surface area (Å²) in [4.78, 5) is 9.53. The third-order valence-electron chi connectivity index (χ3n) is 5.85. The van der Waals surface area contributed by atoms with Crippen molar-refractivity contribution in [3.05, 3.63) is 24.4 Å². The molecule has 116 valence electrons. The molecule has 0 bridgehead atoms. The fraction of sp³-hybridized carbons (Fsp3) is 0.706. The molecular weight excluding hydrogens is 260 g/mol. The molecule has 2 aliphatic rings. The largest absolute Gasteiger partial charge is 0.354 e. The van der Waals surface area contributed by atoms with Gasteiger partial charge in [-0.1, -0.05) is 26.3 Å². The first-order valence-electron chi connectivity index (χ1n) is 8.20. The van der Waals surface area contributed by atoms with Gasteiger partial charge in [-0.2, -0.15) is 0 Å². The van der Waals surface area contributed by atoms with Crippen LogP contribution >= 0.6 is 0 Å². The standard InChI is InChI=1S/C17H28N4/c1-16(2)7-5-8-17(16,14-18)21-12-10-20(11-13-21)15-6-3-4-9-19-15/h3-4,6,9H,5,7-8,10-14,18H2,1-2H3. The Kier molecular flexibility index (Phi) is 3.93. The molecule has 1 unspecified atom stereocenters. The zero-order valence-corrected chi connectivity index (χ0v) is 13.4. The van der Waals surface area contributed by atoms with Gasteiger partial charge in [0.25, 0.3) is 0 Å². The Morgan fingerprint density at radius 3 is 2.43 bits per heavy atom. The van der Waals surface area contributed by atoms with Gasteiger partial charge in [0.15, 0.2) is 0 Å². The molecule has 2 fully saturated rings. The van der Waals surface area contributed by atoms with Gasteiger partial charge in [-0.15, -0.1) is 0 Å². The van der Waals surface area contributed by atoms with E-state index in [0.29, 0.717) is 5.41 Å². The second-order valence-electron chi connectivity index (χ2n) is 7.14. The average molecular weight is 288 g/mol. The molecule has 2 N–H and O–H groups in total. The Morgan fingerprint density at radius 2 is 1.90 bits per heavy atom. The van der Waals surface area contributed by atoms with Crippen LogP contribution in [0, 0.1) is 5.41 Å². The second kappa shape index (κ2) is 5.58. The van der Waals surface area contributed by atoms with Crippen molar-refractivity contribution < 1.29 is 0 Å². The number of nitrogens with two attached hydrogens (primary N) is 1. The maximum atomic E-state index is 6.25. The summed E-state index contributed by atoms with van der Waals surface area (Å²) < 4.78 is 0. The Morgan fingerprint density at radius 1 is 1.14 bits per heavy atom. The van der Waals surface area contributed by atoms with Gasteiger partial charge < -0.3 is 10.6 Å². The molecule has 0 aromatic carbocycles. The van der Waals surface area contributed by atoms with Crippen LogP contribution in [-0.4, -0.2) is 48.1 Å². The lowest BCUT2D eigenvalue weighted by Crippen LogP contribution is -2.64. The van der Waals surface area contributed by atoms with Crippen LogP contribution in [0.2, 0.25) is 0 Å². The molecule has 1 saturated heterocycles. The minimum atomic E-state index is 0.198. The summed E-state index contributed by atoms with van der Waals surface area (Å²) in [6.07, 6.45) is 5.73. The van der Waals surface area contributed by atoms with E-state index in [9.17, 15) is 0 Å². The maximum absolute atomic E-state index is 6.25. The number of anilines is 1. The van der Waals surface area contributed by atoms with Crippen molar-refractivity contribution in [1.29, 1.82) is 0 Å². The summed E-state index contributed by atoms with van der Waals surface area (Å²) >= 11 is 0. The maximum Gasteiger partial charge on any atom is 0.128 e. The van der Waals surface area contributed by atoms with Gasteiger partial charge in [0, 0.05) is 44.5 Å². The third-order valence-corrected chi connectivity index (χ3v) is 5.85. The first kappa shape index (κ1) is 14.8. The summed E-state index contributed by atoms with van der Waals surface area (Å²) in [5, 5.41) is 0. The first-order valence-corrected chi connectivity index (χ1v) is 8.20. The van der Waals surface area contributed by atoms with Gasteiger partial charge in [-0.25, -0.2) is 4.98 Å². The molecule has 3 rings (SSSR count). The zero-order valence-electron chi connectivity index (χ0n) is 13.4. The predicted octanol–water partition coefficient (Wildman–Crippen LogP) is 2.11. The molecule has 1 aromatic heterocycles. The fourth-order valence-corrected chi connectivity index (χ4v) is 4.39. The number of pyridine rings is 1. The lowest BCUT2D eigenvalue weighted by atomic mass is 9.73. The molecule has 0 amide bonds. The molecule has 2 heterocycles. The summed E-state index contributed by atoms with van der Waals surface area (Å²) in [6, 6.07) is 6.15. The Balaban J connectivity index is 1.71. The van der Waals surface area contributed by atoms with E-state index in [0.717, 1.165) is 38.5 Å². The van der Waals surface area contributed by atoms with Crippen LogP contribution in [0.15, 0.2) is 24.4 Å². The summed E-state index contributed by atoms with van der Waals surface area (Å²) in [7, 11) is 0. The second-order valence-corrected chi connectivity index (χ2v) is 7.14. The molecule has 1 saturated carbocycles. The number of hydrogen-bond acceptors (Lipinski definition) is 4. The molecule has 0 spiro atoms. The van der Waals surface area contributed by atoms with Crippen molar-refractivity contribution >= 4 is 5.82 Å². The Bertz CT molecular complexity index is 465. The molecule has 4 nitrogen and oxygen atoms in total. The van der Waals surface area contributed by atoms with Crippen molar-refractivity contribution in [2.45, 2.75) is 38.6 Å². The van der Waals surface area contributed by atoms with Crippen LogP contribution in [0.5, 0.6) is 0 Å². The van der Waals surface area contributed by atoms with Crippen LogP contribution in [0.1, 0.15) is 33.1 Å². The highest BCUT2D eigenvalue weighted by Crippen LogP contribution is 2.49. The van der Waals surface area contributed by atoms with Crippen LogP contribution in [0.25, 0.3) is 0 Å².